The van der Waals surface area contributed by atoms with Crippen LogP contribution in [0.2, 0.25) is 0 Å². The van der Waals surface area contributed by atoms with E-state index in [-0.39, 0.29) is 0 Å². The smallest absolute Gasteiger partial charge is 0.190 e. The molecule has 0 aliphatic heterocycles. The Kier molecular flexibility index (Phi) is 6.06. The molecule has 0 amide bonds. The van der Waals surface area contributed by atoms with Crippen molar-refractivity contribution in [2.45, 2.75) is 58.6 Å². The zero-order chi connectivity index (χ0) is 22.6. The minimum Gasteiger partial charge on any atom is -0.489 e. The maximum absolute atomic E-state index is 6.22. The highest BCUT2D eigenvalue weighted by Crippen LogP contribution is 2.30. The van der Waals surface area contributed by atoms with Gasteiger partial charge in [0.05, 0.1) is 29.4 Å². The van der Waals surface area contributed by atoms with Crippen LogP contribution in [0.25, 0.3) is 17.1 Å². The van der Waals surface area contributed by atoms with Crippen molar-refractivity contribution < 1.29 is 9.26 Å². The molecule has 0 spiro atoms. The maximum Gasteiger partial charge on any atom is 0.190 e. The Morgan fingerprint density at radius 2 is 1.85 bits per heavy atom. The van der Waals surface area contributed by atoms with Crippen molar-refractivity contribution in [1.29, 1.82) is 0 Å². The summed E-state index contributed by atoms with van der Waals surface area (Å²) in [6.45, 7) is 4.40. The fourth-order valence-electron chi connectivity index (χ4n) is 4.17. The van der Waals surface area contributed by atoms with Gasteiger partial charge in [-0.3, -0.25) is 0 Å². The van der Waals surface area contributed by atoms with Crippen molar-refractivity contribution in [2.75, 3.05) is 5.32 Å². The quantitative estimate of drug-likeness (QED) is 0.416. The molecule has 0 saturated heterocycles. The number of aryl methyl sites for hydroxylation is 2. The molecule has 0 unspecified atom stereocenters. The molecule has 33 heavy (non-hydrogen) atoms. The largest absolute Gasteiger partial charge is 0.489 e. The van der Waals surface area contributed by atoms with Crippen LogP contribution in [-0.2, 0) is 6.54 Å². The fraction of sp³-hybridized carbons (Fsp3) is 0.360. The second kappa shape index (κ2) is 9.44. The lowest BCUT2D eigenvalue weighted by molar-refractivity contribution is 0.153. The minimum atomic E-state index is 0.293. The van der Waals surface area contributed by atoms with Crippen molar-refractivity contribution in [3.05, 3.63) is 65.6 Å². The Morgan fingerprint density at radius 3 is 2.64 bits per heavy atom. The second-order valence-corrected chi connectivity index (χ2v) is 8.44. The molecule has 8 heteroatoms. The number of benzene rings is 1. The van der Waals surface area contributed by atoms with Gasteiger partial charge in [0, 0.05) is 12.1 Å². The molecule has 1 saturated carbocycles. The third-order valence-corrected chi connectivity index (χ3v) is 6.03. The molecule has 3 heterocycles. The Labute approximate surface area is 193 Å². The average molecular weight is 445 g/mol. The van der Waals surface area contributed by atoms with Crippen LogP contribution < -0.4 is 10.1 Å². The average Bonchev–Trinajstić information content (AvgIpc) is 3.47. The molecular formula is C25H28N6O2. The molecular weight excluding hydrogens is 416 g/mol. The monoisotopic (exact) mass is 444 g/mol. The van der Waals surface area contributed by atoms with Crippen LogP contribution in [0.15, 0.2) is 53.2 Å². The molecule has 5 rings (SSSR count). The highest BCUT2D eigenvalue weighted by molar-refractivity contribution is 5.59. The SMILES string of the molecule is Cc1nc(-c2onc(C)c2CNc2cnn(-c3ccccc3)n2)ccc1OC1CCCCC1. The highest BCUT2D eigenvalue weighted by atomic mass is 16.5. The van der Waals surface area contributed by atoms with E-state index in [1.807, 2.05) is 56.3 Å². The van der Waals surface area contributed by atoms with Crippen molar-refractivity contribution in [1.82, 2.24) is 25.1 Å². The molecule has 8 nitrogen and oxygen atoms in total. The lowest BCUT2D eigenvalue weighted by atomic mass is 9.98. The number of anilines is 1. The number of ether oxygens (including phenoxy) is 1. The van der Waals surface area contributed by atoms with E-state index in [0.29, 0.717) is 24.2 Å². The molecule has 1 fully saturated rings. The van der Waals surface area contributed by atoms with Gasteiger partial charge in [0.15, 0.2) is 11.6 Å². The van der Waals surface area contributed by atoms with Crippen LogP contribution in [0.3, 0.4) is 0 Å². The molecule has 1 aromatic carbocycles. The van der Waals surface area contributed by atoms with Crippen molar-refractivity contribution in [2.24, 2.45) is 0 Å². The normalized spacial score (nSPS) is 14.4. The third-order valence-electron chi connectivity index (χ3n) is 6.03. The van der Waals surface area contributed by atoms with Crippen molar-refractivity contribution in [3.8, 4) is 22.9 Å². The van der Waals surface area contributed by atoms with E-state index in [2.05, 4.69) is 20.7 Å². The van der Waals surface area contributed by atoms with E-state index in [4.69, 9.17) is 14.2 Å². The molecule has 4 aromatic rings. The van der Waals surface area contributed by atoms with Crippen molar-refractivity contribution >= 4 is 5.82 Å². The molecule has 3 aromatic heterocycles. The molecule has 1 aliphatic carbocycles. The zero-order valence-corrected chi connectivity index (χ0v) is 19.0. The van der Waals surface area contributed by atoms with Gasteiger partial charge in [0.2, 0.25) is 0 Å². The summed E-state index contributed by atoms with van der Waals surface area (Å²) in [5, 5.41) is 16.3. The van der Waals surface area contributed by atoms with Gasteiger partial charge in [-0.15, -0.1) is 9.90 Å². The number of pyridine rings is 1. The Balaban J connectivity index is 1.30. The standard InChI is InChI=1S/C25H28N6O2/c1-17-21(15-26-24-16-27-31(29-24)19-9-5-3-6-10-19)25(33-30-17)22-13-14-23(18(2)28-22)32-20-11-7-4-8-12-20/h3,5-6,9-10,13-14,16,20H,4,7-8,11-12,15H2,1-2H3,(H,26,29). The first kappa shape index (κ1) is 21.2. The van der Waals surface area contributed by atoms with Gasteiger partial charge < -0.3 is 14.6 Å². The van der Waals surface area contributed by atoms with Gasteiger partial charge in [-0.2, -0.15) is 5.10 Å². The first-order chi connectivity index (χ1) is 16.2. The number of hydrogen-bond donors (Lipinski definition) is 1. The third kappa shape index (κ3) is 4.74. The Bertz CT molecular complexity index is 1210. The molecule has 0 bridgehead atoms. The van der Waals surface area contributed by atoms with E-state index in [1.165, 1.54) is 19.3 Å². The molecule has 1 aliphatic rings. The Hall–Kier alpha value is -3.68. The van der Waals surface area contributed by atoms with E-state index in [9.17, 15) is 0 Å². The summed E-state index contributed by atoms with van der Waals surface area (Å²) in [4.78, 5) is 6.36. The van der Waals surface area contributed by atoms with E-state index in [1.54, 1.807) is 11.0 Å². The van der Waals surface area contributed by atoms with Crippen LogP contribution in [-0.4, -0.2) is 31.2 Å². The summed E-state index contributed by atoms with van der Waals surface area (Å²) >= 11 is 0. The molecule has 170 valence electrons. The summed E-state index contributed by atoms with van der Waals surface area (Å²) in [5.74, 6) is 2.17. The summed E-state index contributed by atoms with van der Waals surface area (Å²) in [7, 11) is 0. The summed E-state index contributed by atoms with van der Waals surface area (Å²) in [5.41, 5.74) is 4.26. The van der Waals surface area contributed by atoms with Gasteiger partial charge >= 0.3 is 0 Å². The van der Waals surface area contributed by atoms with Gasteiger partial charge in [-0.1, -0.05) is 29.8 Å². The van der Waals surface area contributed by atoms with E-state index < -0.39 is 0 Å². The summed E-state index contributed by atoms with van der Waals surface area (Å²) in [6, 6.07) is 13.7. The summed E-state index contributed by atoms with van der Waals surface area (Å²) < 4.78 is 11.9. The first-order valence-corrected chi connectivity index (χ1v) is 11.5. The number of nitrogens with one attached hydrogen (secondary N) is 1. The second-order valence-electron chi connectivity index (χ2n) is 8.44. The minimum absolute atomic E-state index is 0.293. The predicted molar refractivity (Wildman–Crippen MR) is 125 cm³/mol. The Morgan fingerprint density at radius 1 is 1.03 bits per heavy atom. The number of hydrogen-bond acceptors (Lipinski definition) is 7. The lowest BCUT2D eigenvalue weighted by Crippen LogP contribution is -2.20. The number of para-hydroxylation sites is 1. The lowest BCUT2D eigenvalue weighted by Gasteiger charge is -2.23. The fourth-order valence-corrected chi connectivity index (χ4v) is 4.17. The maximum atomic E-state index is 6.22. The van der Waals surface area contributed by atoms with Gasteiger partial charge in [-0.05, 0) is 63.8 Å². The first-order valence-electron chi connectivity index (χ1n) is 11.5. The number of rotatable bonds is 7. The van der Waals surface area contributed by atoms with Crippen LogP contribution in [0, 0.1) is 13.8 Å². The van der Waals surface area contributed by atoms with Gasteiger partial charge in [0.25, 0.3) is 0 Å². The number of aromatic nitrogens is 5. The molecule has 0 atom stereocenters. The zero-order valence-electron chi connectivity index (χ0n) is 19.0. The predicted octanol–water partition coefficient (Wildman–Crippen LogP) is 5.26. The highest BCUT2D eigenvalue weighted by Gasteiger charge is 2.20. The van der Waals surface area contributed by atoms with Gasteiger partial charge in [-0.25, -0.2) is 4.98 Å². The van der Waals surface area contributed by atoms with Crippen LogP contribution >= 0.6 is 0 Å². The molecule has 0 radical (unpaired) electrons. The van der Waals surface area contributed by atoms with Crippen LogP contribution in [0.1, 0.15) is 49.1 Å². The van der Waals surface area contributed by atoms with Crippen molar-refractivity contribution in [3.63, 3.8) is 0 Å². The summed E-state index contributed by atoms with van der Waals surface area (Å²) in [6.07, 6.45) is 8.02. The van der Waals surface area contributed by atoms with E-state index >= 15 is 0 Å². The topological polar surface area (TPSA) is 90.9 Å². The van der Waals surface area contributed by atoms with Crippen LogP contribution in [0.4, 0.5) is 5.82 Å². The van der Waals surface area contributed by atoms with Gasteiger partial charge in [0.1, 0.15) is 11.4 Å². The van der Waals surface area contributed by atoms with E-state index in [0.717, 1.165) is 46.9 Å². The van der Waals surface area contributed by atoms with Crippen LogP contribution in [0.5, 0.6) is 5.75 Å². The molecule has 1 N–H and O–H groups in total. The number of nitrogens with zero attached hydrogens (tertiary/aromatic N) is 5.